The second-order valence-corrected chi connectivity index (χ2v) is 12.0. The van der Waals surface area contributed by atoms with Gasteiger partial charge in [0.15, 0.2) is 0 Å². The van der Waals surface area contributed by atoms with E-state index >= 15 is 0 Å². The first-order chi connectivity index (χ1) is 17.8. The van der Waals surface area contributed by atoms with Gasteiger partial charge in [0.1, 0.15) is 12.1 Å². The van der Waals surface area contributed by atoms with Gasteiger partial charge in [-0.1, -0.05) is 31.5 Å². The second-order valence-electron chi connectivity index (χ2n) is 9.37. The topological polar surface area (TPSA) is 212 Å². The summed E-state index contributed by atoms with van der Waals surface area (Å²) in [6.07, 6.45) is 3.18. The van der Waals surface area contributed by atoms with E-state index in [2.05, 4.69) is 20.3 Å². The maximum atomic E-state index is 12.8. The minimum atomic E-state index is -3.86. The minimum absolute atomic E-state index is 0.0614. The zero-order chi connectivity index (χ0) is 28.9. The Morgan fingerprint density at radius 2 is 1.61 bits per heavy atom. The summed E-state index contributed by atoms with van der Waals surface area (Å²) < 4.78 is 26.9. The molecule has 1 aromatic rings. The highest BCUT2D eigenvalue weighted by molar-refractivity contribution is 7.98. The van der Waals surface area contributed by atoms with Crippen molar-refractivity contribution in [1.29, 1.82) is 0 Å². The van der Waals surface area contributed by atoms with E-state index in [4.69, 9.17) is 17.2 Å². The lowest BCUT2D eigenvalue weighted by Gasteiger charge is -2.24. The SMILES string of the molecule is CSCC[C@H](NC(=O)[C@H](CC(C)C)NC(=O)[C@H](N)CCCN=C(N)NS(=O)(=O)c1ccc(C)cc1)C(N)=O. The summed E-state index contributed by atoms with van der Waals surface area (Å²) in [6.45, 7) is 5.79. The molecule has 0 saturated heterocycles. The summed E-state index contributed by atoms with van der Waals surface area (Å²) in [5.41, 5.74) is 18.0. The molecule has 0 aromatic heterocycles. The number of nitrogens with zero attached hydrogens (tertiary/aromatic N) is 1. The number of nitrogens with two attached hydrogens (primary N) is 3. The van der Waals surface area contributed by atoms with Gasteiger partial charge in [0.2, 0.25) is 23.7 Å². The van der Waals surface area contributed by atoms with Crippen LogP contribution in [-0.4, -0.2) is 68.8 Å². The van der Waals surface area contributed by atoms with Crippen LogP contribution in [0.15, 0.2) is 34.2 Å². The van der Waals surface area contributed by atoms with E-state index < -0.39 is 45.9 Å². The predicted octanol–water partition coefficient (Wildman–Crippen LogP) is -0.0504. The van der Waals surface area contributed by atoms with Crippen molar-refractivity contribution in [2.45, 2.75) is 69.5 Å². The van der Waals surface area contributed by atoms with Gasteiger partial charge >= 0.3 is 0 Å². The van der Waals surface area contributed by atoms with Crippen LogP contribution in [0, 0.1) is 12.8 Å². The highest BCUT2D eigenvalue weighted by Crippen LogP contribution is 2.10. The largest absolute Gasteiger partial charge is 0.369 e. The zero-order valence-electron chi connectivity index (χ0n) is 22.4. The number of aryl methyl sites for hydroxylation is 1. The Labute approximate surface area is 229 Å². The fourth-order valence-corrected chi connectivity index (χ4v) is 4.79. The number of benzene rings is 1. The van der Waals surface area contributed by atoms with Crippen molar-refractivity contribution in [3.05, 3.63) is 29.8 Å². The summed E-state index contributed by atoms with van der Waals surface area (Å²) in [5, 5.41) is 5.29. The second kappa shape index (κ2) is 16.2. The summed E-state index contributed by atoms with van der Waals surface area (Å²) >= 11 is 1.52. The first kappa shape index (κ1) is 33.2. The normalized spacial score (nSPS) is 14.4. The Bertz CT molecular complexity index is 1060. The van der Waals surface area contributed by atoms with Crippen LogP contribution in [0.5, 0.6) is 0 Å². The monoisotopic (exact) mass is 571 g/mol. The summed E-state index contributed by atoms with van der Waals surface area (Å²) in [6, 6.07) is 3.64. The Kier molecular flexibility index (Phi) is 14.1. The number of thioether (sulfide) groups is 1. The van der Waals surface area contributed by atoms with E-state index in [9.17, 15) is 22.8 Å². The van der Waals surface area contributed by atoms with Gasteiger partial charge in [-0.3, -0.25) is 19.4 Å². The van der Waals surface area contributed by atoms with Crippen LogP contribution in [0.2, 0.25) is 0 Å². The summed E-state index contributed by atoms with van der Waals surface area (Å²) in [5.74, 6) is -1.21. The van der Waals surface area contributed by atoms with Crippen molar-refractivity contribution in [3.63, 3.8) is 0 Å². The fraction of sp³-hybridized carbons (Fsp3) is 0.583. The molecule has 0 aliphatic heterocycles. The van der Waals surface area contributed by atoms with Gasteiger partial charge in [-0.05, 0) is 62.7 Å². The van der Waals surface area contributed by atoms with Gasteiger partial charge in [0.05, 0.1) is 10.9 Å². The van der Waals surface area contributed by atoms with Gasteiger partial charge in [0.25, 0.3) is 10.0 Å². The van der Waals surface area contributed by atoms with Crippen LogP contribution < -0.4 is 32.6 Å². The van der Waals surface area contributed by atoms with Gasteiger partial charge in [-0.25, -0.2) is 13.1 Å². The maximum absolute atomic E-state index is 12.8. The number of aliphatic imine (C=N–C) groups is 1. The molecule has 3 atom stereocenters. The Morgan fingerprint density at radius 3 is 2.16 bits per heavy atom. The van der Waals surface area contributed by atoms with Crippen LogP contribution in [0.25, 0.3) is 0 Å². The average molecular weight is 572 g/mol. The number of sulfonamides is 1. The first-order valence-electron chi connectivity index (χ1n) is 12.3. The smallest absolute Gasteiger partial charge is 0.264 e. The maximum Gasteiger partial charge on any atom is 0.264 e. The number of carbonyl (C=O) groups excluding carboxylic acids is 3. The quantitative estimate of drug-likeness (QED) is 0.0897. The van der Waals surface area contributed by atoms with Gasteiger partial charge in [0, 0.05) is 6.54 Å². The molecule has 0 bridgehead atoms. The lowest BCUT2D eigenvalue weighted by Crippen LogP contribution is -2.55. The number of hydrogen-bond acceptors (Lipinski definition) is 8. The molecule has 38 heavy (non-hydrogen) atoms. The molecule has 1 rings (SSSR count). The van der Waals surface area contributed by atoms with Gasteiger partial charge < -0.3 is 27.8 Å². The van der Waals surface area contributed by atoms with E-state index in [0.717, 1.165) is 5.56 Å². The number of amides is 3. The van der Waals surface area contributed by atoms with E-state index in [-0.39, 0.29) is 29.7 Å². The number of rotatable bonds is 16. The van der Waals surface area contributed by atoms with Crippen LogP contribution in [0.1, 0.15) is 45.1 Å². The number of guanidine groups is 1. The third kappa shape index (κ3) is 12.1. The Balaban J connectivity index is 2.64. The van der Waals surface area contributed by atoms with Crippen LogP contribution in [0.3, 0.4) is 0 Å². The molecule has 214 valence electrons. The number of nitrogens with one attached hydrogen (secondary N) is 3. The van der Waals surface area contributed by atoms with E-state index in [1.807, 2.05) is 27.0 Å². The molecule has 3 amide bonds. The molecule has 0 heterocycles. The molecule has 0 aliphatic rings. The average Bonchev–Trinajstić information content (AvgIpc) is 2.83. The van der Waals surface area contributed by atoms with Gasteiger partial charge in [-0.15, -0.1) is 0 Å². The minimum Gasteiger partial charge on any atom is -0.369 e. The molecule has 0 unspecified atom stereocenters. The predicted molar refractivity (Wildman–Crippen MR) is 151 cm³/mol. The molecule has 9 N–H and O–H groups in total. The fourth-order valence-electron chi connectivity index (χ4n) is 3.36. The van der Waals surface area contributed by atoms with Crippen molar-refractivity contribution in [3.8, 4) is 0 Å². The lowest BCUT2D eigenvalue weighted by molar-refractivity contribution is -0.132. The van der Waals surface area contributed by atoms with Crippen LogP contribution in [-0.2, 0) is 24.4 Å². The third-order valence-corrected chi connectivity index (χ3v) is 7.49. The lowest BCUT2D eigenvalue weighted by atomic mass is 10.0. The molecule has 1 aromatic carbocycles. The van der Waals surface area contributed by atoms with Crippen molar-refractivity contribution >= 4 is 45.5 Å². The van der Waals surface area contributed by atoms with E-state index in [1.165, 1.54) is 23.9 Å². The van der Waals surface area contributed by atoms with Crippen LogP contribution >= 0.6 is 11.8 Å². The molecule has 0 saturated carbocycles. The van der Waals surface area contributed by atoms with Gasteiger partial charge in [-0.2, -0.15) is 11.8 Å². The standard InChI is InChI=1S/C24H41N7O5S2/c1-15(2)14-20(23(34)29-19(21(26)32)11-13-37-4)30-22(33)18(25)6-5-12-28-24(27)31-38(35,36)17-9-7-16(3)8-10-17/h7-10,15,18-20H,5-6,11-14,25H2,1-4H3,(H2,26,32)(H,29,34)(H,30,33)(H3,27,28,31)/t18-,19+,20+/m1/s1. The Morgan fingerprint density at radius 1 is 1.00 bits per heavy atom. The molecule has 0 spiro atoms. The number of hydrogen-bond donors (Lipinski definition) is 6. The van der Waals surface area contributed by atoms with Crippen molar-refractivity contribution in [1.82, 2.24) is 15.4 Å². The molecular weight excluding hydrogens is 530 g/mol. The number of primary amides is 1. The molecular formula is C24H41N7O5S2. The van der Waals surface area contributed by atoms with E-state index in [0.29, 0.717) is 25.0 Å². The Hall–Kier alpha value is -2.84. The zero-order valence-corrected chi connectivity index (χ0v) is 24.0. The van der Waals surface area contributed by atoms with E-state index in [1.54, 1.807) is 12.1 Å². The van der Waals surface area contributed by atoms with Crippen molar-refractivity contribution < 1.29 is 22.8 Å². The van der Waals surface area contributed by atoms with Crippen molar-refractivity contribution in [2.75, 3.05) is 18.6 Å². The summed E-state index contributed by atoms with van der Waals surface area (Å²) in [7, 11) is -3.86. The summed E-state index contributed by atoms with van der Waals surface area (Å²) in [4.78, 5) is 41.2. The third-order valence-electron chi connectivity index (χ3n) is 5.47. The molecule has 0 radical (unpaired) electrons. The number of carbonyl (C=O) groups is 3. The van der Waals surface area contributed by atoms with Crippen molar-refractivity contribution in [2.24, 2.45) is 28.1 Å². The molecule has 14 heteroatoms. The van der Waals surface area contributed by atoms with Crippen LogP contribution in [0.4, 0.5) is 0 Å². The highest BCUT2D eigenvalue weighted by atomic mass is 32.2. The molecule has 0 fully saturated rings. The molecule has 12 nitrogen and oxygen atoms in total. The first-order valence-corrected chi connectivity index (χ1v) is 15.2. The highest BCUT2D eigenvalue weighted by Gasteiger charge is 2.27. The molecule has 0 aliphatic carbocycles.